The molecule has 1 spiro atoms. The number of esters is 1. The number of carbonyl (C=O) groups excluding carboxylic acids is 2. The van der Waals surface area contributed by atoms with Crippen LogP contribution >= 0.6 is 0 Å². The van der Waals surface area contributed by atoms with Gasteiger partial charge in [-0.25, -0.2) is 4.79 Å². The van der Waals surface area contributed by atoms with E-state index in [0.717, 1.165) is 37.7 Å². The van der Waals surface area contributed by atoms with Crippen LogP contribution in [-0.4, -0.2) is 52.5 Å². The molecule has 4 fully saturated rings. The Kier molecular flexibility index (Phi) is 4.90. The normalized spacial score (nSPS) is 52.4. The molecule has 186 valence electrons. The third-order valence-corrected chi connectivity index (χ3v) is 11.6. The lowest BCUT2D eigenvalue weighted by Gasteiger charge is -2.58. The lowest BCUT2D eigenvalue weighted by Crippen LogP contribution is -2.63. The fraction of sp³-hybridized carbons (Fsp3) is 0.786. The number of aliphatic hydroxyl groups is 2. The number of hydrogen-bond donors (Lipinski definition) is 2. The van der Waals surface area contributed by atoms with E-state index < -0.39 is 17.1 Å². The molecule has 0 radical (unpaired) electrons. The minimum atomic E-state index is -0.719. The van der Waals surface area contributed by atoms with Gasteiger partial charge in [0.2, 0.25) is 0 Å². The van der Waals surface area contributed by atoms with Crippen molar-refractivity contribution < 1.29 is 29.3 Å². The second-order valence-electron chi connectivity index (χ2n) is 12.5. The quantitative estimate of drug-likeness (QED) is 0.485. The van der Waals surface area contributed by atoms with Crippen LogP contribution in [0.5, 0.6) is 0 Å². The predicted octanol–water partition coefficient (Wildman–Crippen LogP) is 3.35. The van der Waals surface area contributed by atoms with Gasteiger partial charge in [-0.1, -0.05) is 19.4 Å². The number of allylic oxidation sites excluding steroid dienone is 1. The molecular formula is C28H38O6. The number of hydrogen-bond acceptors (Lipinski definition) is 6. The summed E-state index contributed by atoms with van der Waals surface area (Å²) >= 11 is 0. The minimum Gasteiger partial charge on any atom is -0.458 e. The molecule has 0 aromatic carbocycles. The van der Waals surface area contributed by atoms with Crippen molar-refractivity contribution in [3.8, 4) is 0 Å². The summed E-state index contributed by atoms with van der Waals surface area (Å²) in [5.41, 5.74) is 0.129. The summed E-state index contributed by atoms with van der Waals surface area (Å²) in [6, 6.07) is 0. The zero-order chi connectivity index (χ0) is 24.2. The Hall–Kier alpha value is -1.50. The van der Waals surface area contributed by atoms with Crippen LogP contribution in [0.2, 0.25) is 0 Å². The van der Waals surface area contributed by atoms with Crippen LogP contribution < -0.4 is 0 Å². The van der Waals surface area contributed by atoms with Crippen molar-refractivity contribution in [2.75, 3.05) is 6.61 Å². The maximum atomic E-state index is 13.3. The standard InChI is InChI=1S/C28H38O6/c1-14-11-21(33-25(32)17(14)13-29)15(2)18-5-6-19-16-12-24-28(34-24)23(31)8-7-22(30)27(28,4)20(16)9-10-26(18,19)3/h7-8,15-16,18-21,23-24,29,31H,5-6,9-13H2,1-4H3/t15-,16-,18+,19-,20-,21?,23+,24+,26+,27-,28+/m0/s1. The van der Waals surface area contributed by atoms with Gasteiger partial charge in [-0.3, -0.25) is 4.79 Å². The van der Waals surface area contributed by atoms with E-state index in [2.05, 4.69) is 20.8 Å². The number of ether oxygens (including phenoxy) is 2. The highest BCUT2D eigenvalue weighted by Crippen LogP contribution is 2.73. The highest BCUT2D eigenvalue weighted by molar-refractivity contribution is 5.98. The van der Waals surface area contributed by atoms with Gasteiger partial charge >= 0.3 is 5.97 Å². The molecule has 34 heavy (non-hydrogen) atoms. The second kappa shape index (κ2) is 7.27. The first-order valence-electron chi connectivity index (χ1n) is 13.2. The highest BCUT2D eigenvalue weighted by atomic mass is 16.6. The summed E-state index contributed by atoms with van der Waals surface area (Å²) in [6.07, 6.45) is 8.23. The molecule has 0 aromatic heterocycles. The summed E-state index contributed by atoms with van der Waals surface area (Å²) < 4.78 is 12.1. The predicted molar refractivity (Wildman–Crippen MR) is 124 cm³/mol. The van der Waals surface area contributed by atoms with Crippen molar-refractivity contribution in [3.05, 3.63) is 23.3 Å². The lowest BCUT2D eigenvalue weighted by atomic mass is 9.44. The highest BCUT2D eigenvalue weighted by Gasteiger charge is 2.80. The van der Waals surface area contributed by atoms with Crippen molar-refractivity contribution >= 4 is 11.8 Å². The smallest absolute Gasteiger partial charge is 0.336 e. The monoisotopic (exact) mass is 470 g/mol. The second-order valence-corrected chi connectivity index (χ2v) is 12.5. The average Bonchev–Trinajstić information content (AvgIpc) is 3.43. The summed E-state index contributed by atoms with van der Waals surface area (Å²) in [4.78, 5) is 25.8. The molecule has 1 unspecified atom stereocenters. The van der Waals surface area contributed by atoms with Crippen LogP contribution in [0.25, 0.3) is 0 Å². The lowest BCUT2D eigenvalue weighted by molar-refractivity contribution is -0.155. The van der Waals surface area contributed by atoms with Gasteiger partial charge in [-0.05, 0) is 93.1 Å². The number of carbonyl (C=O) groups is 2. The molecular weight excluding hydrogens is 432 g/mol. The van der Waals surface area contributed by atoms with Gasteiger partial charge in [0.15, 0.2) is 5.78 Å². The molecule has 0 bridgehead atoms. The largest absolute Gasteiger partial charge is 0.458 e. The Morgan fingerprint density at radius 2 is 1.94 bits per heavy atom. The summed E-state index contributed by atoms with van der Waals surface area (Å²) in [5, 5.41) is 20.4. The van der Waals surface area contributed by atoms with Gasteiger partial charge in [0, 0.05) is 6.42 Å². The molecule has 11 atom stereocenters. The molecule has 2 aliphatic heterocycles. The molecule has 0 amide bonds. The van der Waals surface area contributed by atoms with E-state index in [9.17, 15) is 19.8 Å². The zero-order valence-corrected chi connectivity index (χ0v) is 20.8. The van der Waals surface area contributed by atoms with Crippen LogP contribution in [0.1, 0.15) is 66.2 Å². The van der Waals surface area contributed by atoms with Crippen molar-refractivity contribution in [2.45, 2.75) is 90.1 Å². The Balaban J connectivity index is 1.27. The van der Waals surface area contributed by atoms with Gasteiger partial charge in [-0.15, -0.1) is 0 Å². The average molecular weight is 471 g/mol. The number of epoxide rings is 1. The van der Waals surface area contributed by atoms with E-state index in [-0.39, 0.29) is 47.8 Å². The van der Waals surface area contributed by atoms with Gasteiger partial charge < -0.3 is 19.7 Å². The van der Waals surface area contributed by atoms with Crippen molar-refractivity contribution in [3.63, 3.8) is 0 Å². The molecule has 6 aliphatic rings. The third-order valence-electron chi connectivity index (χ3n) is 11.6. The molecule has 2 N–H and O–H groups in total. The van der Waals surface area contributed by atoms with Gasteiger partial charge in [0.1, 0.15) is 17.8 Å². The summed E-state index contributed by atoms with van der Waals surface area (Å²) in [5.74, 6) is 1.61. The maximum Gasteiger partial charge on any atom is 0.336 e. The number of aliphatic hydroxyl groups excluding tert-OH is 2. The fourth-order valence-electron chi connectivity index (χ4n) is 9.69. The molecule has 6 rings (SSSR count). The van der Waals surface area contributed by atoms with Crippen molar-refractivity contribution in [2.24, 2.45) is 40.4 Å². The van der Waals surface area contributed by atoms with Gasteiger partial charge in [0.25, 0.3) is 0 Å². The van der Waals surface area contributed by atoms with E-state index in [0.29, 0.717) is 29.7 Å². The van der Waals surface area contributed by atoms with Crippen LogP contribution in [0.15, 0.2) is 23.3 Å². The van der Waals surface area contributed by atoms with E-state index >= 15 is 0 Å². The van der Waals surface area contributed by atoms with E-state index in [4.69, 9.17) is 9.47 Å². The van der Waals surface area contributed by atoms with E-state index in [1.807, 2.05) is 6.92 Å². The Morgan fingerprint density at radius 3 is 2.65 bits per heavy atom. The zero-order valence-electron chi connectivity index (χ0n) is 20.8. The Labute approximate surface area is 201 Å². The van der Waals surface area contributed by atoms with Crippen LogP contribution in [0, 0.1) is 40.4 Å². The van der Waals surface area contributed by atoms with E-state index in [1.54, 1.807) is 12.2 Å². The molecule has 3 saturated carbocycles. The van der Waals surface area contributed by atoms with Crippen molar-refractivity contribution in [1.82, 2.24) is 0 Å². The molecule has 1 saturated heterocycles. The van der Waals surface area contributed by atoms with Crippen LogP contribution in [-0.2, 0) is 19.1 Å². The number of ketones is 1. The SMILES string of the molecule is CC1=C(CO)C(=O)OC([C@@H](C)[C@H]2CC[C@H]3[C@@H]4C[C@H]5O[C@]56[C@H](O)C=CC(=O)[C@]6(C)[C@H]4CC[C@]23C)C1. The van der Waals surface area contributed by atoms with Crippen molar-refractivity contribution in [1.29, 1.82) is 0 Å². The number of cyclic esters (lactones) is 1. The molecule has 4 aliphatic carbocycles. The molecule has 6 nitrogen and oxygen atoms in total. The number of rotatable bonds is 3. The minimum absolute atomic E-state index is 0.0366. The summed E-state index contributed by atoms with van der Waals surface area (Å²) in [7, 11) is 0. The van der Waals surface area contributed by atoms with Gasteiger partial charge in [-0.2, -0.15) is 0 Å². The molecule has 6 heteroatoms. The summed E-state index contributed by atoms with van der Waals surface area (Å²) in [6.45, 7) is 8.41. The molecule has 0 aromatic rings. The Bertz CT molecular complexity index is 999. The van der Waals surface area contributed by atoms with E-state index in [1.165, 1.54) is 0 Å². The topological polar surface area (TPSA) is 96.4 Å². The third kappa shape index (κ3) is 2.63. The van der Waals surface area contributed by atoms with Crippen LogP contribution in [0.4, 0.5) is 0 Å². The molecule has 2 heterocycles. The number of fused-ring (bicyclic) bond motifs is 4. The fourth-order valence-corrected chi connectivity index (χ4v) is 9.69. The maximum absolute atomic E-state index is 13.3. The Morgan fingerprint density at radius 1 is 1.18 bits per heavy atom. The van der Waals surface area contributed by atoms with Gasteiger partial charge in [0.05, 0.1) is 23.7 Å². The first kappa shape index (κ1) is 22.9. The van der Waals surface area contributed by atoms with Crippen LogP contribution in [0.3, 0.4) is 0 Å². The first-order valence-corrected chi connectivity index (χ1v) is 13.2. The first-order chi connectivity index (χ1) is 16.1.